The zero-order valence-corrected chi connectivity index (χ0v) is 15.4. The van der Waals surface area contributed by atoms with Crippen molar-refractivity contribution in [2.45, 2.75) is 13.5 Å². The molecule has 0 aliphatic carbocycles. The van der Waals surface area contributed by atoms with E-state index >= 15 is 0 Å². The summed E-state index contributed by atoms with van der Waals surface area (Å²) in [5.74, 6) is 1.89. The minimum absolute atomic E-state index is 0.174. The summed E-state index contributed by atoms with van der Waals surface area (Å²) in [4.78, 5) is 23.9. The Kier molecular flexibility index (Phi) is 3.86. The van der Waals surface area contributed by atoms with Crippen LogP contribution in [-0.2, 0) is 6.54 Å². The lowest BCUT2D eigenvalue weighted by molar-refractivity contribution is 0.304. The molecule has 1 aliphatic heterocycles. The molecule has 0 fully saturated rings. The molecule has 1 N–H and O–H groups in total. The Morgan fingerprint density at radius 3 is 2.82 bits per heavy atom. The monoisotopic (exact) mass is 373 g/mol. The number of anilines is 1. The minimum atomic E-state index is -0.174. The van der Waals surface area contributed by atoms with Crippen LogP contribution >= 0.6 is 0 Å². The third kappa shape index (κ3) is 2.81. The van der Waals surface area contributed by atoms with E-state index in [1.54, 1.807) is 6.07 Å². The predicted molar refractivity (Wildman–Crippen MR) is 107 cm³/mol. The lowest BCUT2D eigenvalue weighted by Gasteiger charge is -2.31. The van der Waals surface area contributed by atoms with Gasteiger partial charge in [0.25, 0.3) is 11.3 Å². The first kappa shape index (κ1) is 16.6. The maximum atomic E-state index is 12.6. The van der Waals surface area contributed by atoms with Crippen molar-refractivity contribution in [2.24, 2.45) is 0 Å². The largest absolute Gasteiger partial charge is 0.489 e. The van der Waals surface area contributed by atoms with E-state index in [-0.39, 0.29) is 5.56 Å². The molecule has 0 amide bonds. The van der Waals surface area contributed by atoms with E-state index in [1.807, 2.05) is 55.5 Å². The van der Waals surface area contributed by atoms with E-state index in [0.29, 0.717) is 30.4 Å². The highest BCUT2D eigenvalue weighted by Gasteiger charge is 2.20. The van der Waals surface area contributed by atoms with Crippen LogP contribution in [0.3, 0.4) is 0 Å². The molecule has 0 atom stereocenters. The molecule has 4 aromatic rings. The van der Waals surface area contributed by atoms with Crippen LogP contribution in [0.5, 0.6) is 5.75 Å². The van der Waals surface area contributed by atoms with Gasteiger partial charge in [0.05, 0.1) is 24.5 Å². The first-order chi connectivity index (χ1) is 13.7. The van der Waals surface area contributed by atoms with E-state index in [2.05, 4.69) is 20.0 Å². The molecule has 2 aromatic carbocycles. The normalized spacial score (nSPS) is 13.4. The first-order valence-electron chi connectivity index (χ1n) is 9.20. The molecule has 2 aromatic heterocycles. The van der Waals surface area contributed by atoms with Crippen molar-refractivity contribution < 1.29 is 4.74 Å². The van der Waals surface area contributed by atoms with Crippen molar-refractivity contribution >= 4 is 11.5 Å². The van der Waals surface area contributed by atoms with Crippen LogP contribution in [-0.4, -0.2) is 32.7 Å². The van der Waals surface area contributed by atoms with Gasteiger partial charge in [-0.15, -0.1) is 0 Å². The number of ether oxygens (including phenoxy) is 1. The van der Waals surface area contributed by atoms with Crippen molar-refractivity contribution in [1.82, 2.24) is 19.6 Å². The van der Waals surface area contributed by atoms with Crippen LogP contribution in [0.15, 0.2) is 59.4 Å². The molecule has 7 heteroatoms. The van der Waals surface area contributed by atoms with Crippen molar-refractivity contribution in [3.63, 3.8) is 0 Å². The lowest BCUT2D eigenvalue weighted by atomic mass is 10.1. The van der Waals surface area contributed by atoms with Crippen LogP contribution in [0.25, 0.3) is 17.2 Å². The Hall–Kier alpha value is -3.61. The number of nitrogens with one attached hydrogen (secondary N) is 1. The van der Waals surface area contributed by atoms with E-state index < -0.39 is 0 Å². The van der Waals surface area contributed by atoms with Gasteiger partial charge >= 0.3 is 0 Å². The lowest BCUT2D eigenvalue weighted by Crippen LogP contribution is -2.33. The quantitative estimate of drug-likeness (QED) is 0.598. The Balaban J connectivity index is 1.51. The summed E-state index contributed by atoms with van der Waals surface area (Å²) in [7, 11) is 0. The first-order valence-corrected chi connectivity index (χ1v) is 9.20. The Bertz CT molecular complexity index is 1210. The van der Waals surface area contributed by atoms with Crippen LogP contribution in [0.4, 0.5) is 5.69 Å². The number of hydrogen-bond acceptors (Lipinski definition) is 5. The van der Waals surface area contributed by atoms with E-state index in [4.69, 9.17) is 4.74 Å². The second kappa shape index (κ2) is 6.53. The van der Waals surface area contributed by atoms with Gasteiger partial charge in [0, 0.05) is 11.6 Å². The second-order valence-electron chi connectivity index (χ2n) is 6.85. The van der Waals surface area contributed by atoms with Crippen LogP contribution in [0.2, 0.25) is 0 Å². The van der Waals surface area contributed by atoms with Gasteiger partial charge in [-0.3, -0.25) is 9.89 Å². The number of fused-ring (bicyclic) bond motifs is 2. The highest BCUT2D eigenvalue weighted by molar-refractivity contribution is 5.63. The smallest absolute Gasteiger partial charge is 0.274 e. The topological polar surface area (TPSA) is 75.5 Å². The molecule has 0 bridgehead atoms. The number of nitrogens with zero attached hydrogens (tertiary/aromatic N) is 4. The van der Waals surface area contributed by atoms with Crippen molar-refractivity contribution in [1.29, 1.82) is 0 Å². The average Bonchev–Trinajstić information content (AvgIpc) is 3.14. The molecule has 0 saturated heterocycles. The summed E-state index contributed by atoms with van der Waals surface area (Å²) < 4.78 is 7.20. The molecule has 140 valence electrons. The summed E-state index contributed by atoms with van der Waals surface area (Å²) >= 11 is 0. The zero-order chi connectivity index (χ0) is 19.1. The number of hydrogen-bond donors (Lipinski definition) is 1. The van der Waals surface area contributed by atoms with Crippen LogP contribution < -0.4 is 15.2 Å². The number of rotatable bonds is 3. The number of aryl methyl sites for hydroxylation is 1. The van der Waals surface area contributed by atoms with Gasteiger partial charge in [0.2, 0.25) is 0 Å². The van der Waals surface area contributed by atoms with E-state index in [0.717, 1.165) is 29.1 Å². The SMILES string of the molecule is Cc1cccc2c1OCCN2Cc1cc(=O)n2[nH]c(-c3ccccc3)nc2n1. The maximum absolute atomic E-state index is 12.6. The summed E-state index contributed by atoms with van der Waals surface area (Å²) in [6.07, 6.45) is 0. The maximum Gasteiger partial charge on any atom is 0.274 e. The number of aromatic nitrogens is 4. The van der Waals surface area contributed by atoms with Gasteiger partial charge in [-0.2, -0.15) is 9.50 Å². The second-order valence-corrected chi connectivity index (χ2v) is 6.85. The summed E-state index contributed by atoms with van der Waals surface area (Å²) in [6.45, 7) is 3.92. The zero-order valence-electron chi connectivity index (χ0n) is 15.4. The van der Waals surface area contributed by atoms with Gasteiger partial charge < -0.3 is 9.64 Å². The molecule has 0 radical (unpaired) electrons. The fourth-order valence-electron chi connectivity index (χ4n) is 3.55. The molecule has 3 heterocycles. The highest BCUT2D eigenvalue weighted by atomic mass is 16.5. The Labute approximate surface area is 161 Å². The van der Waals surface area contributed by atoms with Crippen LogP contribution in [0.1, 0.15) is 11.3 Å². The minimum Gasteiger partial charge on any atom is -0.489 e. The molecule has 1 aliphatic rings. The van der Waals surface area contributed by atoms with E-state index in [1.165, 1.54) is 4.52 Å². The third-order valence-electron chi connectivity index (χ3n) is 4.92. The molecule has 5 rings (SSSR count). The molecule has 28 heavy (non-hydrogen) atoms. The van der Waals surface area contributed by atoms with Gasteiger partial charge in [-0.1, -0.05) is 42.5 Å². The van der Waals surface area contributed by atoms with Crippen molar-refractivity contribution in [3.05, 3.63) is 76.2 Å². The van der Waals surface area contributed by atoms with E-state index in [9.17, 15) is 4.79 Å². The van der Waals surface area contributed by atoms with Gasteiger partial charge in [0.15, 0.2) is 5.82 Å². The Morgan fingerprint density at radius 2 is 1.96 bits per heavy atom. The van der Waals surface area contributed by atoms with Crippen LogP contribution in [0, 0.1) is 6.92 Å². The fourth-order valence-corrected chi connectivity index (χ4v) is 3.55. The van der Waals surface area contributed by atoms with Crippen molar-refractivity contribution in [2.75, 3.05) is 18.1 Å². The third-order valence-corrected chi connectivity index (χ3v) is 4.92. The van der Waals surface area contributed by atoms with Gasteiger partial charge in [0.1, 0.15) is 12.4 Å². The summed E-state index contributed by atoms with van der Waals surface area (Å²) in [6, 6.07) is 17.3. The Morgan fingerprint density at radius 1 is 1.11 bits per heavy atom. The predicted octanol–water partition coefficient (Wildman–Crippen LogP) is 2.79. The number of aromatic amines is 1. The number of H-pyrrole nitrogens is 1. The molecule has 0 saturated carbocycles. The summed E-state index contributed by atoms with van der Waals surface area (Å²) in [5.41, 5.74) is 3.55. The highest BCUT2D eigenvalue weighted by Crippen LogP contribution is 2.35. The average molecular weight is 373 g/mol. The molecular formula is C21H19N5O2. The van der Waals surface area contributed by atoms with Crippen molar-refractivity contribution in [3.8, 4) is 17.1 Å². The number of benzene rings is 2. The molecular weight excluding hydrogens is 354 g/mol. The fraction of sp³-hybridized carbons (Fsp3) is 0.190. The molecule has 0 unspecified atom stereocenters. The summed E-state index contributed by atoms with van der Waals surface area (Å²) in [5, 5.41) is 3.03. The molecule has 0 spiro atoms. The van der Waals surface area contributed by atoms with Gasteiger partial charge in [-0.25, -0.2) is 4.98 Å². The molecule has 7 nitrogen and oxygen atoms in total. The van der Waals surface area contributed by atoms with Gasteiger partial charge in [-0.05, 0) is 18.6 Å². The number of para-hydroxylation sites is 1. The standard InChI is InChI=1S/C21H19N5O2/c1-14-6-5-9-17-19(14)28-11-10-25(17)13-16-12-18(27)26-21(22-16)23-20(24-26)15-7-3-2-4-8-15/h2-9,12H,10-11,13H2,1H3,(H,22,23,24).